The molecule has 3 aliphatic heterocycles. The number of hydrogen-bond acceptors (Lipinski definition) is 8. The average Bonchev–Trinajstić information content (AvgIpc) is 3.32. The second kappa shape index (κ2) is 10.7. The van der Waals surface area contributed by atoms with Crippen LogP contribution >= 0.6 is 11.6 Å². The number of carbonyl (C=O) groups is 1. The molecule has 3 N–H and O–H groups in total. The van der Waals surface area contributed by atoms with Gasteiger partial charge < -0.3 is 20.4 Å². The molecule has 5 heterocycles. The number of fused-ring (bicyclic) bond motifs is 1. The van der Waals surface area contributed by atoms with Gasteiger partial charge in [-0.25, -0.2) is 13.4 Å². The molecule has 0 saturated carbocycles. The fourth-order valence-electron chi connectivity index (χ4n) is 5.81. The number of anilines is 3. The topological polar surface area (TPSA) is 129 Å². The minimum Gasteiger partial charge on any atom is -0.356 e. The molecule has 214 valence electrons. The Morgan fingerprint density at radius 2 is 1.77 bits per heavy atom. The highest BCUT2D eigenvalue weighted by Gasteiger charge is 2.33. The van der Waals surface area contributed by atoms with Gasteiger partial charge in [0.1, 0.15) is 11.6 Å². The molecular weight excluding hydrogens is 552 g/mol. The Morgan fingerprint density at radius 3 is 2.48 bits per heavy atom. The van der Waals surface area contributed by atoms with Gasteiger partial charge in [0, 0.05) is 55.9 Å². The van der Waals surface area contributed by atoms with E-state index in [4.69, 9.17) is 27.4 Å². The van der Waals surface area contributed by atoms with Crippen LogP contribution in [0, 0.1) is 0 Å². The van der Waals surface area contributed by atoms with Crippen LogP contribution < -0.4 is 20.3 Å². The van der Waals surface area contributed by atoms with Crippen molar-refractivity contribution in [1.29, 1.82) is 0 Å². The van der Waals surface area contributed by atoms with Crippen LogP contribution in [-0.4, -0.2) is 78.8 Å². The number of halogens is 1. The lowest BCUT2D eigenvalue weighted by molar-refractivity contribution is 0.0607. The van der Waals surface area contributed by atoms with Crippen molar-refractivity contribution in [3.8, 4) is 0 Å². The highest BCUT2D eigenvalue weighted by molar-refractivity contribution is 7.92. The van der Waals surface area contributed by atoms with Crippen LogP contribution in [0.2, 0.25) is 5.02 Å². The molecule has 13 heteroatoms. The molecule has 0 spiro atoms. The number of likely N-dealkylation sites (tertiary alicyclic amines) is 1. The van der Waals surface area contributed by atoms with E-state index in [0.29, 0.717) is 11.6 Å². The van der Waals surface area contributed by atoms with E-state index in [1.165, 1.54) is 12.1 Å². The molecule has 3 aliphatic rings. The van der Waals surface area contributed by atoms with E-state index < -0.39 is 10.0 Å². The summed E-state index contributed by atoms with van der Waals surface area (Å²) in [5, 5.41) is 5.39. The second-order valence-electron chi connectivity index (χ2n) is 11.1. The number of benzene rings is 1. The minimum atomic E-state index is -3.59. The quantitative estimate of drug-likeness (QED) is 0.450. The van der Waals surface area contributed by atoms with Gasteiger partial charge in [-0.05, 0) is 56.7 Å². The summed E-state index contributed by atoms with van der Waals surface area (Å²) in [6.07, 6.45) is 6.61. The number of amides is 1. The lowest BCUT2D eigenvalue weighted by atomic mass is 9.98. The van der Waals surface area contributed by atoms with Crippen molar-refractivity contribution in [2.24, 2.45) is 5.73 Å². The molecule has 1 amide bonds. The molecule has 2 aromatic heterocycles. The van der Waals surface area contributed by atoms with Crippen molar-refractivity contribution in [2.75, 3.05) is 53.5 Å². The number of rotatable bonds is 6. The SMILES string of the molecule is CS(=O)(=O)Nc1ccc(Cl)cc1C(=O)N1CCCC[C@H]1c1cc2nc(N3CCC3)cc(N3CCC(N)CC3)n2n1. The first-order chi connectivity index (χ1) is 19.2. The summed E-state index contributed by atoms with van der Waals surface area (Å²) in [7, 11) is -3.59. The zero-order chi connectivity index (χ0) is 28.0. The van der Waals surface area contributed by atoms with E-state index >= 15 is 0 Å². The van der Waals surface area contributed by atoms with Crippen molar-refractivity contribution in [3.05, 3.63) is 46.6 Å². The van der Waals surface area contributed by atoms with Gasteiger partial charge in [-0.1, -0.05) is 11.6 Å². The smallest absolute Gasteiger partial charge is 0.256 e. The summed E-state index contributed by atoms with van der Waals surface area (Å²) in [5.41, 5.74) is 8.15. The molecule has 1 atom stereocenters. The summed E-state index contributed by atoms with van der Waals surface area (Å²) in [6, 6.07) is 8.67. The Hall–Kier alpha value is -3.09. The number of sulfonamides is 1. The van der Waals surface area contributed by atoms with Crippen LogP contribution in [0.4, 0.5) is 17.3 Å². The van der Waals surface area contributed by atoms with Crippen LogP contribution in [0.3, 0.4) is 0 Å². The summed E-state index contributed by atoms with van der Waals surface area (Å²) in [4.78, 5) is 25.3. The van der Waals surface area contributed by atoms with E-state index in [-0.39, 0.29) is 29.2 Å². The third kappa shape index (κ3) is 5.44. The van der Waals surface area contributed by atoms with Crippen LogP contribution in [-0.2, 0) is 10.0 Å². The number of nitrogens with two attached hydrogens (primary N) is 1. The Labute approximate surface area is 239 Å². The molecule has 40 heavy (non-hydrogen) atoms. The van der Waals surface area contributed by atoms with Crippen LogP contribution in [0.25, 0.3) is 5.65 Å². The van der Waals surface area contributed by atoms with Gasteiger partial charge in [-0.2, -0.15) is 9.61 Å². The fraction of sp³-hybridized carbons (Fsp3) is 0.519. The molecule has 0 aliphatic carbocycles. The van der Waals surface area contributed by atoms with Gasteiger partial charge in [0.05, 0.1) is 29.2 Å². The summed E-state index contributed by atoms with van der Waals surface area (Å²) < 4.78 is 28.4. The predicted molar refractivity (Wildman–Crippen MR) is 157 cm³/mol. The number of nitrogens with one attached hydrogen (secondary N) is 1. The monoisotopic (exact) mass is 586 g/mol. The van der Waals surface area contributed by atoms with E-state index in [1.54, 1.807) is 11.0 Å². The highest BCUT2D eigenvalue weighted by atomic mass is 35.5. The lowest BCUT2D eigenvalue weighted by Crippen LogP contribution is -2.41. The van der Waals surface area contributed by atoms with Crippen molar-refractivity contribution >= 4 is 50.5 Å². The van der Waals surface area contributed by atoms with E-state index in [2.05, 4.69) is 20.6 Å². The fourth-order valence-corrected chi connectivity index (χ4v) is 6.56. The van der Waals surface area contributed by atoms with Gasteiger partial charge in [0.25, 0.3) is 5.91 Å². The summed E-state index contributed by atoms with van der Waals surface area (Å²) >= 11 is 6.25. The van der Waals surface area contributed by atoms with Crippen molar-refractivity contribution in [1.82, 2.24) is 19.5 Å². The summed E-state index contributed by atoms with van der Waals surface area (Å²) in [6.45, 7) is 4.22. The second-order valence-corrected chi connectivity index (χ2v) is 13.2. The van der Waals surface area contributed by atoms with Crippen LogP contribution in [0.5, 0.6) is 0 Å². The standard InChI is InChI=1S/C27H35ClN8O3S/c1-40(38,39)32-21-7-6-18(28)15-20(21)27(37)35-12-3-2-5-23(35)22-16-25-30-24(33-10-4-11-33)17-26(36(25)31-22)34-13-8-19(29)9-14-34/h6-7,15-17,19,23,32H,2-5,8-14,29H2,1H3/t23-/m0/s1. The first-order valence-corrected chi connectivity index (χ1v) is 16.2. The lowest BCUT2D eigenvalue weighted by Gasteiger charge is -2.35. The maximum atomic E-state index is 13.9. The number of carbonyl (C=O) groups excluding carboxylic acids is 1. The zero-order valence-corrected chi connectivity index (χ0v) is 24.2. The number of hydrogen-bond donors (Lipinski definition) is 2. The van der Waals surface area contributed by atoms with E-state index in [0.717, 1.165) is 93.9 Å². The van der Waals surface area contributed by atoms with Crippen LogP contribution in [0.1, 0.15) is 60.6 Å². The van der Waals surface area contributed by atoms with Gasteiger partial charge in [-0.15, -0.1) is 0 Å². The molecule has 11 nitrogen and oxygen atoms in total. The Bertz CT molecular complexity index is 1530. The molecular formula is C27H35ClN8O3S. The Morgan fingerprint density at radius 1 is 1.00 bits per heavy atom. The molecule has 1 aromatic carbocycles. The molecule has 0 bridgehead atoms. The third-order valence-corrected chi connectivity index (χ3v) is 8.90. The van der Waals surface area contributed by atoms with Crippen molar-refractivity contribution in [2.45, 2.75) is 50.6 Å². The highest BCUT2D eigenvalue weighted by Crippen LogP contribution is 2.35. The molecule has 3 fully saturated rings. The van der Waals surface area contributed by atoms with Gasteiger partial charge >= 0.3 is 0 Å². The number of nitrogens with zero attached hydrogens (tertiary/aromatic N) is 6. The van der Waals surface area contributed by atoms with Crippen LogP contribution in [0.15, 0.2) is 30.3 Å². The number of aromatic nitrogens is 3. The molecule has 3 aromatic rings. The molecule has 3 saturated heterocycles. The Balaban J connectivity index is 1.38. The normalized spacial score (nSPS) is 20.6. The van der Waals surface area contributed by atoms with Gasteiger partial charge in [0.15, 0.2) is 5.65 Å². The van der Waals surface area contributed by atoms with Gasteiger partial charge in [0.2, 0.25) is 10.0 Å². The maximum absolute atomic E-state index is 13.9. The van der Waals surface area contributed by atoms with E-state index in [1.807, 2.05) is 10.6 Å². The molecule has 0 radical (unpaired) electrons. The van der Waals surface area contributed by atoms with Gasteiger partial charge in [-0.3, -0.25) is 9.52 Å². The van der Waals surface area contributed by atoms with E-state index in [9.17, 15) is 13.2 Å². The third-order valence-electron chi connectivity index (χ3n) is 8.07. The predicted octanol–water partition coefficient (Wildman–Crippen LogP) is 3.26. The number of piperidine rings is 2. The van der Waals surface area contributed by atoms with Crippen molar-refractivity contribution in [3.63, 3.8) is 0 Å². The first kappa shape index (κ1) is 27.1. The minimum absolute atomic E-state index is 0.211. The first-order valence-electron chi connectivity index (χ1n) is 13.9. The average molecular weight is 587 g/mol. The zero-order valence-electron chi connectivity index (χ0n) is 22.6. The molecule has 0 unspecified atom stereocenters. The molecule has 6 rings (SSSR count). The Kier molecular flexibility index (Phi) is 7.26. The maximum Gasteiger partial charge on any atom is 0.256 e. The largest absolute Gasteiger partial charge is 0.356 e. The van der Waals surface area contributed by atoms with Crippen molar-refractivity contribution < 1.29 is 13.2 Å². The summed E-state index contributed by atoms with van der Waals surface area (Å²) in [5.74, 6) is 1.66.